The average molecular weight is 177 g/mol. The van der Waals surface area contributed by atoms with Crippen molar-refractivity contribution in [3.63, 3.8) is 0 Å². The fraction of sp³-hybridized carbons (Fsp3) is 0.125. The Labute approximate surface area is 73.8 Å². The second-order valence-electron chi connectivity index (χ2n) is 2.67. The van der Waals surface area contributed by atoms with Crippen LogP contribution in [0.2, 0.25) is 0 Å². The van der Waals surface area contributed by atoms with Gasteiger partial charge >= 0.3 is 5.82 Å². The van der Waals surface area contributed by atoms with E-state index in [0.717, 1.165) is 0 Å². The molecule has 66 valence electrons. The monoisotopic (exact) mass is 177 g/mol. The van der Waals surface area contributed by atoms with Crippen LogP contribution < -0.4 is 4.85 Å². The number of aromatic nitrogens is 3. The number of Topliss-reactive ketones (excluding diaryl/α,β-unsaturated/α-hetero) is 1. The van der Waals surface area contributed by atoms with Crippen LogP contribution in [0.1, 0.15) is 17.5 Å². The molecule has 0 aromatic carbocycles. The predicted octanol–water partition coefficient (Wildman–Crippen LogP) is 0.170. The smallest absolute Gasteiger partial charge is 0.391 e. The number of carbonyl (C=O) groups is 1. The van der Waals surface area contributed by atoms with E-state index in [1.807, 2.05) is 0 Å². The van der Waals surface area contributed by atoms with Crippen molar-refractivity contribution in [2.75, 3.05) is 0 Å². The molecule has 0 saturated carbocycles. The number of carbonyl (C=O) groups excluding carboxylic acids is 1. The van der Waals surface area contributed by atoms with Crippen molar-refractivity contribution < 1.29 is 9.64 Å². The predicted molar refractivity (Wildman–Crippen MR) is 44.2 cm³/mol. The van der Waals surface area contributed by atoms with Crippen molar-refractivity contribution in [3.8, 4) is 0 Å². The van der Waals surface area contributed by atoms with Gasteiger partial charge in [0.25, 0.3) is 5.65 Å². The minimum Gasteiger partial charge on any atom is -0.692 e. The lowest BCUT2D eigenvalue weighted by Crippen LogP contribution is -2.38. The lowest BCUT2D eigenvalue weighted by molar-refractivity contribution is -0.679. The molecule has 0 unspecified atom stereocenters. The molecule has 0 N–H and O–H groups in total. The highest BCUT2D eigenvalue weighted by Crippen LogP contribution is 1.98. The Morgan fingerprint density at radius 2 is 2.38 bits per heavy atom. The zero-order valence-electron chi connectivity index (χ0n) is 6.97. The molecule has 13 heavy (non-hydrogen) atoms. The Morgan fingerprint density at radius 1 is 1.62 bits per heavy atom. The standard InChI is InChI=1S/C8H7N3O2/c1-6(12)8-9-7-4-2-3-5-10(7)11(8)13/h2-5H,1H3. The summed E-state index contributed by atoms with van der Waals surface area (Å²) in [5.74, 6) is -0.412. The quantitative estimate of drug-likeness (QED) is 0.354. The first-order chi connectivity index (χ1) is 6.20. The summed E-state index contributed by atoms with van der Waals surface area (Å²) in [6.07, 6.45) is 1.56. The molecule has 2 heterocycles. The number of hydrogen-bond donors (Lipinski definition) is 0. The molecule has 0 aliphatic rings. The number of ketones is 1. The van der Waals surface area contributed by atoms with Gasteiger partial charge in [-0.2, -0.15) is 0 Å². The molecule has 0 bridgehead atoms. The van der Waals surface area contributed by atoms with Crippen molar-refractivity contribution in [1.82, 2.24) is 9.50 Å². The van der Waals surface area contributed by atoms with Gasteiger partial charge in [0.2, 0.25) is 5.78 Å². The number of pyridine rings is 1. The summed E-state index contributed by atoms with van der Waals surface area (Å²) in [5, 5.41) is 11.4. The highest BCUT2D eigenvalue weighted by Gasteiger charge is 2.19. The number of fused-ring (bicyclic) bond motifs is 1. The van der Waals surface area contributed by atoms with Crippen molar-refractivity contribution in [1.29, 1.82) is 0 Å². The van der Waals surface area contributed by atoms with Crippen LogP contribution in [-0.4, -0.2) is 15.3 Å². The Bertz CT molecular complexity index is 475. The molecular formula is C8H7N3O2. The average Bonchev–Trinajstić information content (AvgIpc) is 2.45. The molecule has 0 radical (unpaired) electrons. The number of rotatable bonds is 1. The third-order valence-electron chi connectivity index (χ3n) is 1.73. The summed E-state index contributed by atoms with van der Waals surface area (Å²) in [4.78, 5) is 15.3. The first-order valence-electron chi connectivity index (χ1n) is 3.78. The summed E-state index contributed by atoms with van der Waals surface area (Å²) in [6.45, 7) is 1.32. The Hall–Kier alpha value is -1.91. The maximum atomic E-state index is 11.4. The van der Waals surface area contributed by atoms with Gasteiger partial charge in [-0.25, -0.2) is 0 Å². The van der Waals surface area contributed by atoms with E-state index in [1.54, 1.807) is 24.4 Å². The Kier molecular flexibility index (Phi) is 1.51. The minimum absolute atomic E-state index is 0.0776. The van der Waals surface area contributed by atoms with Crippen LogP contribution in [-0.2, 0) is 0 Å². The second kappa shape index (κ2) is 2.55. The molecular weight excluding hydrogens is 170 g/mol. The van der Waals surface area contributed by atoms with Gasteiger partial charge < -0.3 is 5.21 Å². The van der Waals surface area contributed by atoms with E-state index < -0.39 is 0 Å². The number of nitrogens with zero attached hydrogens (tertiary/aromatic N) is 3. The fourth-order valence-electron chi connectivity index (χ4n) is 1.13. The van der Waals surface area contributed by atoms with Crippen LogP contribution in [0.5, 0.6) is 0 Å². The molecule has 0 aliphatic heterocycles. The van der Waals surface area contributed by atoms with E-state index in [9.17, 15) is 10.0 Å². The van der Waals surface area contributed by atoms with E-state index in [-0.39, 0.29) is 11.6 Å². The van der Waals surface area contributed by atoms with Crippen LogP contribution in [0.15, 0.2) is 24.4 Å². The van der Waals surface area contributed by atoms with Gasteiger partial charge in [-0.3, -0.25) is 4.79 Å². The lowest BCUT2D eigenvalue weighted by atomic mass is 10.4. The highest BCUT2D eigenvalue weighted by molar-refractivity contribution is 5.89. The molecule has 2 aromatic rings. The molecule has 2 aromatic heterocycles. The molecule has 0 aliphatic carbocycles. The first-order valence-corrected chi connectivity index (χ1v) is 3.78. The molecule has 0 atom stereocenters. The van der Waals surface area contributed by atoms with Crippen molar-refractivity contribution >= 4 is 11.4 Å². The highest BCUT2D eigenvalue weighted by atomic mass is 16.5. The van der Waals surface area contributed by atoms with Gasteiger partial charge in [0.05, 0.1) is 6.20 Å². The largest absolute Gasteiger partial charge is 0.692 e. The third-order valence-corrected chi connectivity index (χ3v) is 1.73. The van der Waals surface area contributed by atoms with E-state index in [4.69, 9.17) is 0 Å². The van der Waals surface area contributed by atoms with E-state index in [2.05, 4.69) is 4.98 Å². The number of hydrogen-bond acceptors (Lipinski definition) is 3. The molecule has 0 amide bonds. The van der Waals surface area contributed by atoms with Gasteiger partial charge in [-0.15, -0.1) is 9.36 Å². The molecule has 0 saturated heterocycles. The van der Waals surface area contributed by atoms with Crippen molar-refractivity contribution in [2.45, 2.75) is 6.92 Å². The van der Waals surface area contributed by atoms with E-state index >= 15 is 0 Å². The van der Waals surface area contributed by atoms with Crippen LogP contribution in [0.4, 0.5) is 0 Å². The van der Waals surface area contributed by atoms with E-state index in [1.165, 1.54) is 11.4 Å². The van der Waals surface area contributed by atoms with Gasteiger partial charge in [0.1, 0.15) is 0 Å². The van der Waals surface area contributed by atoms with Gasteiger partial charge in [0.15, 0.2) is 0 Å². The third kappa shape index (κ3) is 1.05. The Balaban J connectivity index is 2.81. The van der Waals surface area contributed by atoms with Crippen LogP contribution >= 0.6 is 0 Å². The summed E-state index contributed by atoms with van der Waals surface area (Å²) in [5.41, 5.74) is 0.475. The van der Waals surface area contributed by atoms with Crippen LogP contribution in [0.25, 0.3) is 5.65 Å². The van der Waals surface area contributed by atoms with Crippen LogP contribution in [0, 0.1) is 5.21 Å². The second-order valence-corrected chi connectivity index (χ2v) is 2.67. The van der Waals surface area contributed by atoms with Crippen molar-refractivity contribution in [3.05, 3.63) is 35.4 Å². The normalized spacial score (nSPS) is 10.5. The SMILES string of the molecule is CC(=O)c1nc2ccccn2[n+]1[O-]. The van der Waals surface area contributed by atoms with Gasteiger partial charge in [0, 0.05) is 13.0 Å². The summed E-state index contributed by atoms with van der Waals surface area (Å²) in [7, 11) is 0. The minimum atomic E-state index is -0.335. The zero-order chi connectivity index (χ0) is 9.42. The summed E-state index contributed by atoms with van der Waals surface area (Å²) >= 11 is 0. The summed E-state index contributed by atoms with van der Waals surface area (Å²) in [6, 6.07) is 5.13. The molecule has 0 spiro atoms. The maximum absolute atomic E-state index is 11.4. The van der Waals surface area contributed by atoms with Crippen LogP contribution in [0.3, 0.4) is 0 Å². The molecule has 0 fully saturated rings. The fourth-order valence-corrected chi connectivity index (χ4v) is 1.13. The molecule has 5 heteroatoms. The lowest BCUT2D eigenvalue weighted by Gasteiger charge is -1.98. The topological polar surface area (TPSA) is 61.3 Å². The van der Waals surface area contributed by atoms with Crippen molar-refractivity contribution in [2.24, 2.45) is 0 Å². The zero-order valence-corrected chi connectivity index (χ0v) is 6.97. The van der Waals surface area contributed by atoms with E-state index in [0.29, 0.717) is 10.5 Å². The molecule has 2 rings (SSSR count). The molecule has 5 nitrogen and oxygen atoms in total. The maximum Gasteiger partial charge on any atom is 0.391 e. The first kappa shape index (κ1) is 7.72. The Morgan fingerprint density at radius 3 is 3.00 bits per heavy atom. The van der Waals surface area contributed by atoms with Gasteiger partial charge in [-0.1, -0.05) is 6.07 Å². The summed E-state index contributed by atoms with van der Waals surface area (Å²) < 4.78 is 1.27. The van der Waals surface area contributed by atoms with Gasteiger partial charge in [-0.05, 0) is 11.1 Å².